The summed E-state index contributed by atoms with van der Waals surface area (Å²) in [5.74, 6) is 1.53. The van der Waals surface area contributed by atoms with Crippen LogP contribution in [0.2, 0.25) is 0 Å². The average molecular weight is 300 g/mol. The van der Waals surface area contributed by atoms with Crippen molar-refractivity contribution in [1.82, 2.24) is 0 Å². The predicted molar refractivity (Wildman–Crippen MR) is 76.3 cm³/mol. The van der Waals surface area contributed by atoms with Gasteiger partial charge in [-0.1, -0.05) is 32.8 Å². The second-order valence-electron chi connectivity index (χ2n) is 4.63. The van der Waals surface area contributed by atoms with Crippen LogP contribution in [0.5, 0.6) is 5.75 Å². The lowest BCUT2D eigenvalue weighted by Crippen LogP contribution is -2.14. The van der Waals surface area contributed by atoms with Crippen molar-refractivity contribution in [2.45, 2.75) is 39.2 Å². The maximum Gasteiger partial charge on any atom is 0.133 e. The van der Waals surface area contributed by atoms with E-state index in [1.54, 1.807) is 7.11 Å². The lowest BCUT2D eigenvalue weighted by atomic mass is 9.93. The van der Waals surface area contributed by atoms with E-state index in [1.165, 1.54) is 18.4 Å². The molecule has 2 unspecified atom stereocenters. The van der Waals surface area contributed by atoms with Crippen LogP contribution in [0, 0.1) is 5.92 Å². The summed E-state index contributed by atoms with van der Waals surface area (Å²) in [6.07, 6.45) is 3.50. The number of hydrogen-bond acceptors (Lipinski definition) is 2. The summed E-state index contributed by atoms with van der Waals surface area (Å²) in [7, 11) is 1.67. The van der Waals surface area contributed by atoms with E-state index in [-0.39, 0.29) is 6.04 Å². The SMILES string of the molecule is CCCC(C)CC(N)c1ccc(OC)c(Br)c1. The van der Waals surface area contributed by atoms with Crippen LogP contribution in [0.1, 0.15) is 44.7 Å². The molecule has 0 radical (unpaired) electrons. The molecule has 0 heterocycles. The van der Waals surface area contributed by atoms with Crippen LogP contribution in [0.25, 0.3) is 0 Å². The van der Waals surface area contributed by atoms with E-state index >= 15 is 0 Å². The number of rotatable bonds is 6. The summed E-state index contributed by atoms with van der Waals surface area (Å²) >= 11 is 3.49. The Balaban J connectivity index is 2.69. The summed E-state index contributed by atoms with van der Waals surface area (Å²) in [4.78, 5) is 0. The first-order valence-electron chi connectivity index (χ1n) is 6.17. The molecule has 0 amide bonds. The minimum Gasteiger partial charge on any atom is -0.496 e. The van der Waals surface area contributed by atoms with Gasteiger partial charge >= 0.3 is 0 Å². The van der Waals surface area contributed by atoms with Crippen LogP contribution in [0.3, 0.4) is 0 Å². The summed E-state index contributed by atoms with van der Waals surface area (Å²) in [5.41, 5.74) is 7.39. The molecule has 0 aliphatic heterocycles. The zero-order chi connectivity index (χ0) is 12.8. The van der Waals surface area contributed by atoms with E-state index in [4.69, 9.17) is 10.5 Å². The lowest BCUT2D eigenvalue weighted by Gasteiger charge is -2.18. The fourth-order valence-electron chi connectivity index (χ4n) is 2.09. The van der Waals surface area contributed by atoms with Crippen LogP contribution in [-0.4, -0.2) is 7.11 Å². The molecule has 0 saturated carbocycles. The molecule has 17 heavy (non-hydrogen) atoms. The van der Waals surface area contributed by atoms with Gasteiger partial charge < -0.3 is 10.5 Å². The maximum absolute atomic E-state index is 6.22. The molecule has 0 fully saturated rings. The number of benzene rings is 1. The summed E-state index contributed by atoms with van der Waals surface area (Å²) in [6, 6.07) is 6.18. The smallest absolute Gasteiger partial charge is 0.133 e. The molecule has 1 aromatic carbocycles. The van der Waals surface area contributed by atoms with Gasteiger partial charge in [-0.05, 0) is 46.0 Å². The van der Waals surface area contributed by atoms with Gasteiger partial charge in [0.2, 0.25) is 0 Å². The fourth-order valence-corrected chi connectivity index (χ4v) is 2.65. The third kappa shape index (κ3) is 4.32. The molecule has 0 spiro atoms. The summed E-state index contributed by atoms with van der Waals surface area (Å²) in [6.45, 7) is 4.48. The van der Waals surface area contributed by atoms with Crippen molar-refractivity contribution in [3.8, 4) is 5.75 Å². The van der Waals surface area contributed by atoms with Crippen molar-refractivity contribution >= 4 is 15.9 Å². The molecule has 2 nitrogen and oxygen atoms in total. The molecule has 96 valence electrons. The van der Waals surface area contributed by atoms with Crippen molar-refractivity contribution in [1.29, 1.82) is 0 Å². The van der Waals surface area contributed by atoms with Crippen molar-refractivity contribution in [2.24, 2.45) is 11.7 Å². The number of hydrogen-bond donors (Lipinski definition) is 1. The second kappa shape index (κ2) is 7.02. The van der Waals surface area contributed by atoms with Crippen LogP contribution in [0.4, 0.5) is 0 Å². The molecule has 1 rings (SSSR count). The molecular formula is C14H22BrNO. The molecule has 1 aromatic rings. The molecule has 0 aliphatic carbocycles. The average Bonchev–Trinajstić information content (AvgIpc) is 2.29. The van der Waals surface area contributed by atoms with E-state index in [0.717, 1.165) is 16.6 Å². The number of nitrogens with two attached hydrogens (primary N) is 1. The van der Waals surface area contributed by atoms with Gasteiger partial charge in [0, 0.05) is 6.04 Å². The fraction of sp³-hybridized carbons (Fsp3) is 0.571. The van der Waals surface area contributed by atoms with E-state index in [1.807, 2.05) is 12.1 Å². The zero-order valence-corrected chi connectivity index (χ0v) is 12.5. The maximum atomic E-state index is 6.22. The normalized spacial score (nSPS) is 14.4. The Kier molecular flexibility index (Phi) is 6.00. The van der Waals surface area contributed by atoms with Gasteiger partial charge in [0.25, 0.3) is 0 Å². The van der Waals surface area contributed by atoms with Crippen molar-refractivity contribution < 1.29 is 4.74 Å². The van der Waals surface area contributed by atoms with E-state index in [2.05, 4.69) is 35.8 Å². The summed E-state index contributed by atoms with van der Waals surface area (Å²) < 4.78 is 6.18. The number of ether oxygens (including phenoxy) is 1. The number of methoxy groups -OCH3 is 1. The Morgan fingerprint density at radius 2 is 2.12 bits per heavy atom. The van der Waals surface area contributed by atoms with Gasteiger partial charge in [-0.3, -0.25) is 0 Å². The van der Waals surface area contributed by atoms with Crippen LogP contribution in [-0.2, 0) is 0 Å². The van der Waals surface area contributed by atoms with Crippen molar-refractivity contribution in [2.75, 3.05) is 7.11 Å². The number of halogens is 1. The molecule has 0 bridgehead atoms. The van der Waals surface area contributed by atoms with E-state index in [9.17, 15) is 0 Å². The van der Waals surface area contributed by atoms with Crippen molar-refractivity contribution in [3.05, 3.63) is 28.2 Å². The highest BCUT2D eigenvalue weighted by atomic mass is 79.9. The molecule has 0 saturated heterocycles. The standard InChI is InChI=1S/C14H22BrNO/c1-4-5-10(2)8-13(16)11-6-7-14(17-3)12(15)9-11/h6-7,9-10,13H,4-5,8,16H2,1-3H3. The molecule has 0 aromatic heterocycles. The van der Waals surface area contributed by atoms with Gasteiger partial charge in [-0.2, -0.15) is 0 Å². The Morgan fingerprint density at radius 1 is 1.41 bits per heavy atom. The molecule has 2 atom stereocenters. The first-order chi connectivity index (χ1) is 8.08. The highest BCUT2D eigenvalue weighted by Crippen LogP contribution is 2.29. The Bertz CT molecular complexity index is 354. The monoisotopic (exact) mass is 299 g/mol. The topological polar surface area (TPSA) is 35.2 Å². The predicted octanol–water partition coefficient (Wildman–Crippen LogP) is 4.28. The largest absolute Gasteiger partial charge is 0.496 e. The van der Waals surface area contributed by atoms with E-state index < -0.39 is 0 Å². The van der Waals surface area contributed by atoms with Gasteiger partial charge in [0.1, 0.15) is 5.75 Å². The third-order valence-corrected chi connectivity index (χ3v) is 3.66. The Hall–Kier alpha value is -0.540. The van der Waals surface area contributed by atoms with Gasteiger partial charge in [0.05, 0.1) is 11.6 Å². The minimum absolute atomic E-state index is 0.110. The third-order valence-electron chi connectivity index (χ3n) is 3.04. The Morgan fingerprint density at radius 3 is 2.65 bits per heavy atom. The van der Waals surface area contributed by atoms with Crippen LogP contribution < -0.4 is 10.5 Å². The zero-order valence-electron chi connectivity index (χ0n) is 10.9. The van der Waals surface area contributed by atoms with E-state index in [0.29, 0.717) is 5.92 Å². The van der Waals surface area contributed by atoms with Gasteiger partial charge in [0.15, 0.2) is 0 Å². The van der Waals surface area contributed by atoms with Gasteiger partial charge in [-0.15, -0.1) is 0 Å². The first-order valence-corrected chi connectivity index (χ1v) is 6.96. The minimum atomic E-state index is 0.110. The van der Waals surface area contributed by atoms with Gasteiger partial charge in [-0.25, -0.2) is 0 Å². The lowest BCUT2D eigenvalue weighted by molar-refractivity contribution is 0.411. The van der Waals surface area contributed by atoms with Crippen LogP contribution in [0.15, 0.2) is 22.7 Å². The first kappa shape index (κ1) is 14.5. The molecule has 0 aliphatic rings. The van der Waals surface area contributed by atoms with Crippen LogP contribution >= 0.6 is 15.9 Å². The quantitative estimate of drug-likeness (QED) is 0.851. The second-order valence-corrected chi connectivity index (χ2v) is 5.48. The summed E-state index contributed by atoms with van der Waals surface area (Å²) in [5, 5.41) is 0. The molecule has 2 N–H and O–H groups in total. The Labute approximate surface area is 113 Å². The molecular weight excluding hydrogens is 278 g/mol. The highest BCUT2D eigenvalue weighted by molar-refractivity contribution is 9.10. The van der Waals surface area contributed by atoms with Crippen molar-refractivity contribution in [3.63, 3.8) is 0 Å². The highest BCUT2D eigenvalue weighted by Gasteiger charge is 2.12. The molecule has 3 heteroatoms.